The van der Waals surface area contributed by atoms with E-state index in [0.29, 0.717) is 5.56 Å². The van der Waals surface area contributed by atoms with Gasteiger partial charge in [-0.3, -0.25) is 4.79 Å². The maximum absolute atomic E-state index is 13.5. The van der Waals surface area contributed by atoms with Crippen molar-refractivity contribution in [3.63, 3.8) is 0 Å². The van der Waals surface area contributed by atoms with Crippen molar-refractivity contribution >= 4 is 11.0 Å². The summed E-state index contributed by atoms with van der Waals surface area (Å²) in [4.78, 5) is 13.5. The highest BCUT2D eigenvalue weighted by atomic mass is 16.6. The third-order valence-electron chi connectivity index (χ3n) is 7.49. The normalized spacial score (nSPS) is 32.2. The Morgan fingerprint density at radius 2 is 1.54 bits per heavy atom. The van der Waals surface area contributed by atoms with Crippen molar-refractivity contribution in [1.82, 2.24) is 0 Å². The van der Waals surface area contributed by atoms with Crippen LogP contribution >= 0.6 is 0 Å². The maximum Gasteiger partial charge on any atom is 0.197 e. The molecule has 2 aliphatic heterocycles. The molecule has 2 saturated heterocycles. The first-order valence-electron chi connectivity index (χ1n) is 12.7. The number of rotatable bonds is 5. The molecule has 222 valence electrons. The number of aliphatic hydroxyl groups is 7. The minimum Gasteiger partial charge on any atom is -0.508 e. The van der Waals surface area contributed by atoms with Crippen LogP contribution in [-0.2, 0) is 9.47 Å². The average Bonchev–Trinajstić information content (AvgIpc) is 2.95. The average molecular weight is 579 g/mol. The lowest BCUT2D eigenvalue weighted by atomic mass is 9.85. The van der Waals surface area contributed by atoms with Gasteiger partial charge in [0, 0.05) is 11.6 Å². The van der Waals surface area contributed by atoms with Crippen LogP contribution in [0.3, 0.4) is 0 Å². The first kappa shape index (κ1) is 29.2. The number of aliphatic hydroxyl groups excluding tert-OH is 7. The number of hydrogen-bond donors (Lipinski definition) is 9. The van der Waals surface area contributed by atoms with E-state index in [2.05, 4.69) is 0 Å². The Balaban J connectivity index is 1.83. The highest BCUT2D eigenvalue weighted by Gasteiger charge is 2.48. The monoisotopic (exact) mass is 578 g/mol. The molecule has 9 atom stereocenters. The van der Waals surface area contributed by atoms with Crippen LogP contribution in [0.15, 0.2) is 39.5 Å². The molecular formula is C27H30O14. The van der Waals surface area contributed by atoms with Gasteiger partial charge in [-0.05, 0) is 24.3 Å². The third kappa shape index (κ3) is 4.82. The van der Waals surface area contributed by atoms with Gasteiger partial charge in [-0.25, -0.2) is 0 Å². The van der Waals surface area contributed by atoms with Crippen LogP contribution in [0, 0.1) is 0 Å². The molecule has 0 saturated carbocycles. The fourth-order valence-corrected chi connectivity index (χ4v) is 5.31. The van der Waals surface area contributed by atoms with Crippen molar-refractivity contribution < 1.29 is 64.6 Å². The van der Waals surface area contributed by atoms with Crippen molar-refractivity contribution in [3.8, 4) is 28.6 Å². The quantitative estimate of drug-likeness (QED) is 0.168. The molecule has 0 aliphatic carbocycles. The largest absolute Gasteiger partial charge is 0.508 e. The molecule has 0 bridgehead atoms. The number of hydrogen-bond acceptors (Lipinski definition) is 14. The fourth-order valence-electron chi connectivity index (χ4n) is 5.31. The first-order valence-corrected chi connectivity index (χ1v) is 12.7. The summed E-state index contributed by atoms with van der Waals surface area (Å²) >= 11 is 0. The van der Waals surface area contributed by atoms with Crippen LogP contribution in [0.4, 0.5) is 0 Å². The summed E-state index contributed by atoms with van der Waals surface area (Å²) in [6.07, 6.45) is -15.0. The predicted molar refractivity (Wildman–Crippen MR) is 137 cm³/mol. The zero-order chi connectivity index (χ0) is 29.7. The van der Waals surface area contributed by atoms with Gasteiger partial charge in [0.15, 0.2) is 11.0 Å². The van der Waals surface area contributed by atoms with Crippen LogP contribution in [-0.4, -0.2) is 109 Å². The zero-order valence-electron chi connectivity index (χ0n) is 21.6. The second-order valence-corrected chi connectivity index (χ2v) is 9.99. The zero-order valence-corrected chi connectivity index (χ0v) is 21.6. The maximum atomic E-state index is 13.5. The van der Waals surface area contributed by atoms with Gasteiger partial charge in [0.25, 0.3) is 0 Å². The van der Waals surface area contributed by atoms with Gasteiger partial charge in [-0.2, -0.15) is 0 Å². The van der Waals surface area contributed by atoms with Gasteiger partial charge in [0.2, 0.25) is 0 Å². The van der Waals surface area contributed by atoms with Crippen molar-refractivity contribution in [1.29, 1.82) is 0 Å². The number of phenolic OH excluding ortho intramolecular Hbond substituents is 2. The Hall–Kier alpha value is -3.31. The predicted octanol–water partition coefficient (Wildman–Crippen LogP) is -1.45. The number of ether oxygens (including phenoxy) is 3. The highest BCUT2D eigenvalue weighted by Crippen LogP contribution is 2.51. The standard InChI is InChI=1S/C27H30O14/c1-38-24-16(27-23(37)21(35)19(33)14(7-28)41-27)20(34)15-11(30)6-13(9-2-4-10(29)5-3-9)40-25(15)17(24)26-22(36)18(32)12(31)8-39-26/h2-6,12,14,18-19,21-23,26-29,31-37H,7-8H2,1H3/t12-,14?,18-,19+,21-,22?,23?,26-,27-/m0/s1. The van der Waals surface area contributed by atoms with Crippen molar-refractivity contribution in [2.45, 2.75) is 54.9 Å². The molecule has 3 unspecified atom stereocenters. The minimum atomic E-state index is -1.90. The molecule has 0 radical (unpaired) electrons. The van der Waals surface area contributed by atoms with Gasteiger partial charge in [-0.1, -0.05) is 0 Å². The Labute approximate surface area is 231 Å². The molecule has 14 heteroatoms. The van der Waals surface area contributed by atoms with Gasteiger partial charge < -0.3 is 64.6 Å². The molecule has 3 aromatic rings. The summed E-state index contributed by atoms with van der Waals surface area (Å²) in [6.45, 7) is -1.23. The second kappa shape index (κ2) is 11.2. The van der Waals surface area contributed by atoms with Gasteiger partial charge >= 0.3 is 0 Å². The first-order chi connectivity index (χ1) is 19.5. The molecule has 1 aromatic heterocycles. The summed E-state index contributed by atoms with van der Waals surface area (Å²) in [5.74, 6) is -1.19. The number of aromatic hydroxyl groups is 2. The summed E-state index contributed by atoms with van der Waals surface area (Å²) in [5, 5.41) is 93.2. The molecule has 2 aromatic carbocycles. The molecule has 5 rings (SSSR count). The molecule has 9 N–H and O–H groups in total. The van der Waals surface area contributed by atoms with Crippen LogP contribution in [0.5, 0.6) is 17.2 Å². The van der Waals surface area contributed by atoms with Gasteiger partial charge in [-0.15, -0.1) is 0 Å². The Kier molecular flexibility index (Phi) is 7.95. The Morgan fingerprint density at radius 1 is 0.878 bits per heavy atom. The fraction of sp³-hybridized carbons (Fsp3) is 0.444. The highest BCUT2D eigenvalue weighted by molar-refractivity contribution is 5.92. The molecule has 2 fully saturated rings. The summed E-state index contributed by atoms with van der Waals surface area (Å²) in [5.41, 5.74) is -1.38. The van der Waals surface area contributed by atoms with E-state index in [1.807, 2.05) is 0 Å². The second-order valence-electron chi connectivity index (χ2n) is 9.99. The van der Waals surface area contributed by atoms with Crippen LogP contribution in [0.25, 0.3) is 22.3 Å². The van der Waals surface area contributed by atoms with Gasteiger partial charge in [0.05, 0.1) is 31.5 Å². The lowest BCUT2D eigenvalue weighted by Gasteiger charge is -2.41. The van der Waals surface area contributed by atoms with E-state index in [1.54, 1.807) is 0 Å². The van der Waals surface area contributed by atoms with E-state index in [0.717, 1.165) is 13.2 Å². The van der Waals surface area contributed by atoms with E-state index < -0.39 is 90.3 Å². The number of benzene rings is 2. The Morgan fingerprint density at radius 3 is 2.17 bits per heavy atom. The van der Waals surface area contributed by atoms with Crippen molar-refractivity contribution in [3.05, 3.63) is 51.7 Å². The van der Waals surface area contributed by atoms with Crippen LogP contribution < -0.4 is 10.2 Å². The lowest BCUT2D eigenvalue weighted by Crippen LogP contribution is -2.55. The molecule has 0 spiro atoms. The molecule has 2 aliphatic rings. The van der Waals surface area contributed by atoms with Gasteiger partial charge in [0.1, 0.15) is 83.3 Å². The van der Waals surface area contributed by atoms with Crippen molar-refractivity contribution in [2.75, 3.05) is 20.3 Å². The summed E-state index contributed by atoms with van der Waals surface area (Å²) < 4.78 is 22.9. The lowest BCUT2D eigenvalue weighted by molar-refractivity contribution is -0.232. The van der Waals surface area contributed by atoms with E-state index in [-0.39, 0.29) is 28.4 Å². The molecular weight excluding hydrogens is 548 g/mol. The smallest absolute Gasteiger partial charge is 0.197 e. The summed E-state index contributed by atoms with van der Waals surface area (Å²) in [6, 6.07) is 6.69. The topological polar surface area (TPSA) is 240 Å². The molecule has 3 heterocycles. The third-order valence-corrected chi connectivity index (χ3v) is 7.49. The van der Waals surface area contributed by atoms with E-state index >= 15 is 0 Å². The van der Waals surface area contributed by atoms with Crippen molar-refractivity contribution in [2.24, 2.45) is 0 Å². The number of phenols is 2. The van der Waals surface area contributed by atoms with E-state index in [4.69, 9.17) is 18.6 Å². The van der Waals surface area contributed by atoms with Crippen LogP contribution in [0.1, 0.15) is 23.3 Å². The van der Waals surface area contributed by atoms with E-state index in [1.165, 1.54) is 24.3 Å². The van der Waals surface area contributed by atoms with Crippen LogP contribution in [0.2, 0.25) is 0 Å². The molecule has 14 nitrogen and oxygen atoms in total. The molecule has 41 heavy (non-hydrogen) atoms. The molecule has 0 amide bonds. The number of methoxy groups -OCH3 is 1. The SMILES string of the molecule is COc1c([C@@H]2OC(CO)[C@@H](O)[C@H](O)C2O)c(O)c2c(=O)cc(-c3ccc(O)cc3)oc2c1[C@@H]1OC[C@H](O)[C@H](O)C1O. The minimum absolute atomic E-state index is 0.0170. The Bertz CT molecular complexity index is 1470. The summed E-state index contributed by atoms with van der Waals surface area (Å²) in [7, 11) is 1.15. The number of fused-ring (bicyclic) bond motifs is 1. The van der Waals surface area contributed by atoms with E-state index in [9.17, 15) is 50.8 Å².